The number of hydrogen-bond acceptors (Lipinski definition) is 4. The summed E-state index contributed by atoms with van der Waals surface area (Å²) in [5, 5.41) is 14.3. The molecule has 6 nitrogen and oxygen atoms in total. The molecule has 0 saturated carbocycles. The van der Waals surface area contributed by atoms with Crippen LogP contribution in [0.2, 0.25) is 0 Å². The summed E-state index contributed by atoms with van der Waals surface area (Å²) in [6, 6.07) is 2.41. The Morgan fingerprint density at radius 2 is 2.50 bits per heavy atom. The van der Waals surface area contributed by atoms with Gasteiger partial charge in [0, 0.05) is 31.0 Å². The average Bonchev–Trinajstić information content (AvgIpc) is 2.96. The van der Waals surface area contributed by atoms with Crippen LogP contribution in [-0.4, -0.2) is 31.0 Å². The van der Waals surface area contributed by atoms with Crippen molar-refractivity contribution in [2.75, 3.05) is 0 Å². The van der Waals surface area contributed by atoms with Crippen molar-refractivity contribution in [2.24, 2.45) is 0 Å². The van der Waals surface area contributed by atoms with Gasteiger partial charge in [0.15, 0.2) is 0 Å². The molecule has 86 valence electrons. The Bertz CT molecular complexity index is 341. The number of H-pyrrole nitrogens is 1. The van der Waals surface area contributed by atoms with Crippen LogP contribution in [0.5, 0.6) is 0 Å². The normalized spacial score (nSPS) is 12.8. The molecule has 2 heterocycles. The molecule has 2 N–H and O–H groups in total. The van der Waals surface area contributed by atoms with Gasteiger partial charge in [-0.2, -0.15) is 10.2 Å². The number of rotatable bonds is 6. The molecule has 2 rings (SSSR count). The van der Waals surface area contributed by atoms with E-state index in [1.54, 1.807) is 18.9 Å². The Labute approximate surface area is 94.1 Å². The molecule has 0 aliphatic carbocycles. The molecular weight excluding hydrogens is 204 g/mol. The summed E-state index contributed by atoms with van der Waals surface area (Å²) >= 11 is 0. The van der Waals surface area contributed by atoms with Gasteiger partial charge in [-0.15, -0.1) is 0 Å². The summed E-state index contributed by atoms with van der Waals surface area (Å²) in [5.41, 5.74) is 1.10. The first-order chi connectivity index (χ1) is 7.84. The summed E-state index contributed by atoms with van der Waals surface area (Å²) < 4.78 is 1.84. The lowest BCUT2D eigenvalue weighted by Crippen LogP contribution is -2.27. The highest BCUT2D eigenvalue weighted by molar-refractivity contribution is 4.96. The molecule has 1 unspecified atom stereocenters. The maximum absolute atomic E-state index is 4.06. The van der Waals surface area contributed by atoms with E-state index in [4.69, 9.17) is 0 Å². The minimum atomic E-state index is 0.438. The minimum Gasteiger partial charge on any atom is -0.309 e. The fourth-order valence-corrected chi connectivity index (χ4v) is 1.44. The van der Waals surface area contributed by atoms with Gasteiger partial charge in [-0.25, -0.2) is 4.98 Å². The molecule has 0 spiro atoms. The first-order valence-electron chi connectivity index (χ1n) is 5.38. The van der Waals surface area contributed by atoms with Crippen molar-refractivity contribution >= 4 is 0 Å². The van der Waals surface area contributed by atoms with E-state index in [0.29, 0.717) is 6.04 Å². The van der Waals surface area contributed by atoms with Crippen LogP contribution >= 0.6 is 0 Å². The number of hydrogen-bond donors (Lipinski definition) is 2. The third-order valence-corrected chi connectivity index (χ3v) is 2.46. The van der Waals surface area contributed by atoms with Gasteiger partial charge in [0.1, 0.15) is 12.7 Å². The van der Waals surface area contributed by atoms with Crippen molar-refractivity contribution in [2.45, 2.75) is 32.5 Å². The van der Waals surface area contributed by atoms with Crippen molar-refractivity contribution < 1.29 is 0 Å². The van der Waals surface area contributed by atoms with Crippen LogP contribution in [0.4, 0.5) is 0 Å². The molecule has 0 fully saturated rings. The molecule has 0 aliphatic heterocycles. The van der Waals surface area contributed by atoms with Gasteiger partial charge in [-0.1, -0.05) is 0 Å². The Kier molecular flexibility index (Phi) is 3.66. The lowest BCUT2D eigenvalue weighted by Gasteiger charge is -2.12. The zero-order valence-electron chi connectivity index (χ0n) is 9.30. The van der Waals surface area contributed by atoms with E-state index in [2.05, 4.69) is 32.5 Å². The van der Waals surface area contributed by atoms with Crippen LogP contribution < -0.4 is 5.32 Å². The molecule has 0 radical (unpaired) electrons. The molecule has 1 atom stereocenters. The highest BCUT2D eigenvalue weighted by Gasteiger charge is 2.02. The predicted octanol–water partition coefficient (Wildman–Crippen LogP) is 0.570. The molecule has 0 aliphatic rings. The van der Waals surface area contributed by atoms with Crippen LogP contribution in [0, 0.1) is 0 Å². The third kappa shape index (κ3) is 3.16. The van der Waals surface area contributed by atoms with Crippen LogP contribution in [-0.2, 0) is 13.1 Å². The van der Waals surface area contributed by atoms with Gasteiger partial charge in [0.05, 0.1) is 0 Å². The molecule has 2 aromatic heterocycles. The second kappa shape index (κ2) is 5.41. The van der Waals surface area contributed by atoms with Crippen molar-refractivity contribution in [1.29, 1.82) is 0 Å². The lowest BCUT2D eigenvalue weighted by atomic mass is 10.2. The number of nitrogens with one attached hydrogen (secondary N) is 2. The van der Waals surface area contributed by atoms with Crippen LogP contribution in [0.1, 0.15) is 19.0 Å². The highest BCUT2D eigenvalue weighted by atomic mass is 15.3. The SMILES string of the molecule is CC(CCn1cncn1)NCc1ccn[nH]1. The first-order valence-corrected chi connectivity index (χ1v) is 5.38. The van der Waals surface area contributed by atoms with E-state index < -0.39 is 0 Å². The van der Waals surface area contributed by atoms with Gasteiger partial charge in [-0.05, 0) is 19.4 Å². The second-order valence-corrected chi connectivity index (χ2v) is 3.81. The summed E-state index contributed by atoms with van der Waals surface area (Å²) in [6.07, 6.45) is 6.08. The van der Waals surface area contributed by atoms with Crippen LogP contribution in [0.15, 0.2) is 24.9 Å². The number of nitrogens with zero attached hydrogens (tertiary/aromatic N) is 4. The zero-order chi connectivity index (χ0) is 11.2. The van der Waals surface area contributed by atoms with Crippen LogP contribution in [0.25, 0.3) is 0 Å². The molecule has 0 saturated heterocycles. The van der Waals surface area contributed by atoms with E-state index in [0.717, 1.165) is 25.2 Å². The molecule has 2 aromatic rings. The van der Waals surface area contributed by atoms with E-state index >= 15 is 0 Å². The number of aromatic nitrogens is 5. The van der Waals surface area contributed by atoms with Gasteiger partial charge in [0.25, 0.3) is 0 Å². The Morgan fingerprint density at radius 3 is 3.19 bits per heavy atom. The maximum atomic E-state index is 4.06. The molecular formula is C10H16N6. The van der Waals surface area contributed by atoms with Gasteiger partial charge in [0.2, 0.25) is 0 Å². The molecule has 0 bridgehead atoms. The second-order valence-electron chi connectivity index (χ2n) is 3.81. The Morgan fingerprint density at radius 1 is 1.56 bits per heavy atom. The summed E-state index contributed by atoms with van der Waals surface area (Å²) in [4.78, 5) is 3.90. The Hall–Kier alpha value is -1.69. The number of aryl methyl sites for hydroxylation is 1. The summed E-state index contributed by atoms with van der Waals surface area (Å²) in [6.45, 7) is 3.86. The van der Waals surface area contributed by atoms with E-state index in [-0.39, 0.29) is 0 Å². The molecule has 6 heteroatoms. The van der Waals surface area contributed by atoms with Crippen molar-refractivity contribution in [3.63, 3.8) is 0 Å². The average molecular weight is 220 g/mol. The van der Waals surface area contributed by atoms with E-state index in [1.165, 1.54) is 0 Å². The summed E-state index contributed by atoms with van der Waals surface area (Å²) in [7, 11) is 0. The zero-order valence-corrected chi connectivity index (χ0v) is 9.30. The van der Waals surface area contributed by atoms with Gasteiger partial charge >= 0.3 is 0 Å². The standard InChI is InChI=1S/C10H16N6/c1-9(3-5-16-8-11-7-14-16)12-6-10-2-4-13-15-10/h2,4,7-9,12H,3,5-6H2,1H3,(H,13,15). The smallest absolute Gasteiger partial charge is 0.137 e. The van der Waals surface area contributed by atoms with Crippen molar-refractivity contribution in [3.05, 3.63) is 30.6 Å². The Balaban J connectivity index is 1.66. The largest absolute Gasteiger partial charge is 0.309 e. The van der Waals surface area contributed by atoms with Gasteiger partial charge in [-0.3, -0.25) is 9.78 Å². The van der Waals surface area contributed by atoms with Gasteiger partial charge < -0.3 is 5.32 Å². The monoisotopic (exact) mass is 220 g/mol. The molecule has 0 amide bonds. The fraction of sp³-hybridized carbons (Fsp3) is 0.500. The van der Waals surface area contributed by atoms with Crippen molar-refractivity contribution in [3.8, 4) is 0 Å². The topological polar surface area (TPSA) is 71.4 Å². The third-order valence-electron chi connectivity index (χ3n) is 2.46. The summed E-state index contributed by atoms with van der Waals surface area (Å²) in [5.74, 6) is 0. The maximum Gasteiger partial charge on any atom is 0.137 e. The number of aromatic amines is 1. The van der Waals surface area contributed by atoms with E-state index in [1.807, 2.05) is 10.7 Å². The molecule has 0 aromatic carbocycles. The first kappa shape index (κ1) is 10.8. The van der Waals surface area contributed by atoms with Crippen LogP contribution in [0.3, 0.4) is 0 Å². The lowest BCUT2D eigenvalue weighted by molar-refractivity contribution is 0.455. The van der Waals surface area contributed by atoms with E-state index in [9.17, 15) is 0 Å². The fourth-order valence-electron chi connectivity index (χ4n) is 1.44. The predicted molar refractivity (Wildman–Crippen MR) is 59.5 cm³/mol. The van der Waals surface area contributed by atoms with Crippen molar-refractivity contribution in [1.82, 2.24) is 30.3 Å². The highest BCUT2D eigenvalue weighted by Crippen LogP contribution is 1.97. The minimum absolute atomic E-state index is 0.438. The molecule has 16 heavy (non-hydrogen) atoms. The quantitative estimate of drug-likeness (QED) is 0.746.